The van der Waals surface area contributed by atoms with E-state index in [2.05, 4.69) is 264 Å². The number of fused-ring (bicyclic) bond motifs is 6. The third kappa shape index (κ3) is 5.87. The van der Waals surface area contributed by atoms with Crippen molar-refractivity contribution in [1.82, 2.24) is 4.57 Å². The minimum Gasteiger partial charge on any atom is -0.310 e. The molecule has 2 nitrogen and oxygen atoms in total. The standard InChI is InChI=1S/C61H42N2/c1-5-18-43(19-6-1)44-32-37-50(38-33-44)62(51-39-34-45(35-40-51)46-36-41-58-54(42-46)52-26-14-16-30-57(52)63(58)49-24-11-4-12-25-49)59-31-17-29-56-60(59)53-27-13-15-28-55(53)61(56,47-20-7-2-8-21-47)48-22-9-3-10-23-48/h1-42H. The molecule has 1 aromatic heterocycles. The molecule has 0 amide bonds. The maximum Gasteiger partial charge on any atom is 0.0714 e. The second-order valence-electron chi connectivity index (χ2n) is 16.4. The van der Waals surface area contributed by atoms with E-state index in [-0.39, 0.29) is 0 Å². The predicted molar refractivity (Wildman–Crippen MR) is 264 cm³/mol. The minimum atomic E-state index is -0.501. The van der Waals surface area contributed by atoms with Crippen LogP contribution in [0.4, 0.5) is 17.1 Å². The van der Waals surface area contributed by atoms with Gasteiger partial charge in [0, 0.05) is 33.4 Å². The molecular formula is C61H42N2. The zero-order valence-corrected chi connectivity index (χ0v) is 34.6. The van der Waals surface area contributed by atoms with Crippen LogP contribution in [0, 0.1) is 0 Å². The van der Waals surface area contributed by atoms with Gasteiger partial charge in [0.25, 0.3) is 0 Å². The molecule has 0 saturated carbocycles. The summed E-state index contributed by atoms with van der Waals surface area (Å²) in [5, 5.41) is 2.50. The first-order valence-electron chi connectivity index (χ1n) is 21.8. The van der Waals surface area contributed by atoms with Crippen LogP contribution in [-0.4, -0.2) is 4.57 Å². The molecule has 296 valence electrons. The second-order valence-corrected chi connectivity index (χ2v) is 16.4. The van der Waals surface area contributed by atoms with Crippen LogP contribution in [0.25, 0.3) is 60.9 Å². The van der Waals surface area contributed by atoms with E-state index in [1.165, 1.54) is 77.4 Å². The van der Waals surface area contributed by atoms with Crippen molar-refractivity contribution in [3.8, 4) is 39.1 Å². The van der Waals surface area contributed by atoms with Crippen molar-refractivity contribution in [1.29, 1.82) is 0 Å². The van der Waals surface area contributed by atoms with E-state index < -0.39 is 5.41 Å². The number of aromatic nitrogens is 1. The Hall–Kier alpha value is -8.20. The van der Waals surface area contributed by atoms with Crippen LogP contribution in [0.1, 0.15) is 22.3 Å². The van der Waals surface area contributed by atoms with E-state index >= 15 is 0 Å². The molecule has 11 aromatic rings. The van der Waals surface area contributed by atoms with Crippen LogP contribution in [0.5, 0.6) is 0 Å². The van der Waals surface area contributed by atoms with Crippen molar-refractivity contribution in [2.75, 3.05) is 4.90 Å². The lowest BCUT2D eigenvalue weighted by atomic mass is 9.68. The summed E-state index contributed by atoms with van der Waals surface area (Å²) in [6, 6.07) is 93.2. The van der Waals surface area contributed by atoms with Crippen LogP contribution in [0.3, 0.4) is 0 Å². The zero-order chi connectivity index (χ0) is 41.7. The number of nitrogens with zero attached hydrogens (tertiary/aromatic N) is 2. The second kappa shape index (κ2) is 15.1. The summed E-state index contributed by atoms with van der Waals surface area (Å²) >= 11 is 0. The van der Waals surface area contributed by atoms with Gasteiger partial charge in [0.1, 0.15) is 0 Å². The quantitative estimate of drug-likeness (QED) is 0.149. The largest absolute Gasteiger partial charge is 0.310 e. The Kier molecular flexibility index (Phi) is 8.76. The molecule has 0 saturated heterocycles. The molecule has 63 heavy (non-hydrogen) atoms. The predicted octanol–water partition coefficient (Wildman–Crippen LogP) is 16.0. The number of rotatable bonds is 8. The Morgan fingerprint density at radius 1 is 0.333 bits per heavy atom. The fourth-order valence-electron chi connectivity index (χ4n) is 10.3. The van der Waals surface area contributed by atoms with Crippen molar-refractivity contribution in [3.63, 3.8) is 0 Å². The van der Waals surface area contributed by atoms with Crippen molar-refractivity contribution in [2.45, 2.75) is 5.41 Å². The smallest absolute Gasteiger partial charge is 0.0714 e. The summed E-state index contributed by atoms with van der Waals surface area (Å²) in [6.45, 7) is 0. The lowest BCUT2D eigenvalue weighted by molar-refractivity contribution is 0.768. The minimum absolute atomic E-state index is 0.501. The SMILES string of the molecule is c1ccc(-c2ccc(N(c3ccc(-c4ccc5c(c4)c4ccccc4n5-c4ccccc4)cc3)c3cccc4c3-c3ccccc3C4(c3ccccc3)c3ccccc3)cc2)cc1. The van der Waals surface area contributed by atoms with Gasteiger partial charge in [0.2, 0.25) is 0 Å². The molecule has 0 N–H and O–H groups in total. The van der Waals surface area contributed by atoms with Gasteiger partial charge in [-0.25, -0.2) is 0 Å². The summed E-state index contributed by atoms with van der Waals surface area (Å²) in [4.78, 5) is 2.46. The zero-order valence-electron chi connectivity index (χ0n) is 34.6. The molecule has 0 fully saturated rings. The lowest BCUT2D eigenvalue weighted by Gasteiger charge is -2.34. The topological polar surface area (TPSA) is 8.17 Å². The first-order chi connectivity index (χ1) is 31.3. The van der Waals surface area contributed by atoms with E-state index in [1.807, 2.05) is 0 Å². The number of para-hydroxylation sites is 2. The molecule has 1 heterocycles. The molecule has 12 rings (SSSR count). The molecule has 1 aliphatic rings. The Morgan fingerprint density at radius 3 is 1.49 bits per heavy atom. The molecule has 0 aliphatic heterocycles. The molecule has 0 unspecified atom stereocenters. The van der Waals surface area contributed by atoms with Gasteiger partial charge in [-0.2, -0.15) is 0 Å². The molecule has 10 aromatic carbocycles. The van der Waals surface area contributed by atoms with Crippen LogP contribution in [-0.2, 0) is 5.41 Å². The molecule has 2 heteroatoms. The van der Waals surface area contributed by atoms with Crippen molar-refractivity contribution in [2.24, 2.45) is 0 Å². The third-order valence-electron chi connectivity index (χ3n) is 13.1. The Balaban J connectivity index is 1.04. The van der Waals surface area contributed by atoms with Crippen LogP contribution in [0.15, 0.2) is 255 Å². The third-order valence-corrected chi connectivity index (χ3v) is 13.1. The summed E-state index contributed by atoms with van der Waals surface area (Å²) in [5.41, 5.74) is 18.7. The van der Waals surface area contributed by atoms with Gasteiger partial charge in [-0.15, -0.1) is 0 Å². The average molecular weight is 803 g/mol. The number of anilines is 3. The maximum absolute atomic E-state index is 2.46. The van der Waals surface area contributed by atoms with Gasteiger partial charge in [-0.05, 0) is 111 Å². The average Bonchev–Trinajstić information content (AvgIpc) is 3.87. The maximum atomic E-state index is 2.46. The van der Waals surface area contributed by atoms with Gasteiger partial charge in [-0.3, -0.25) is 0 Å². The number of hydrogen-bond donors (Lipinski definition) is 0. The molecule has 0 spiro atoms. The van der Waals surface area contributed by atoms with Crippen LogP contribution in [0.2, 0.25) is 0 Å². The summed E-state index contributed by atoms with van der Waals surface area (Å²) in [6.07, 6.45) is 0. The first-order valence-corrected chi connectivity index (χ1v) is 21.8. The first kappa shape index (κ1) is 36.6. The van der Waals surface area contributed by atoms with Gasteiger partial charge in [0.15, 0.2) is 0 Å². The van der Waals surface area contributed by atoms with Gasteiger partial charge in [0.05, 0.1) is 22.1 Å². The van der Waals surface area contributed by atoms with E-state index in [1.54, 1.807) is 0 Å². The fraction of sp³-hybridized carbons (Fsp3) is 0.0164. The molecular weight excluding hydrogens is 761 g/mol. The van der Waals surface area contributed by atoms with Crippen molar-refractivity contribution < 1.29 is 0 Å². The fourth-order valence-corrected chi connectivity index (χ4v) is 10.3. The summed E-state index contributed by atoms with van der Waals surface area (Å²) < 4.78 is 2.37. The van der Waals surface area contributed by atoms with E-state index in [0.29, 0.717) is 0 Å². The van der Waals surface area contributed by atoms with Gasteiger partial charge >= 0.3 is 0 Å². The van der Waals surface area contributed by atoms with Crippen molar-refractivity contribution in [3.05, 3.63) is 277 Å². The Bertz CT molecular complexity index is 3370. The van der Waals surface area contributed by atoms with Crippen LogP contribution >= 0.6 is 0 Å². The molecule has 0 bridgehead atoms. The van der Waals surface area contributed by atoms with Gasteiger partial charge < -0.3 is 9.47 Å². The number of benzene rings is 10. The lowest BCUT2D eigenvalue weighted by Crippen LogP contribution is -2.28. The normalized spacial score (nSPS) is 12.6. The summed E-state index contributed by atoms with van der Waals surface area (Å²) in [5.74, 6) is 0. The van der Waals surface area contributed by atoms with Crippen LogP contribution < -0.4 is 4.90 Å². The highest BCUT2D eigenvalue weighted by atomic mass is 15.1. The highest BCUT2D eigenvalue weighted by Gasteiger charge is 2.47. The monoisotopic (exact) mass is 802 g/mol. The van der Waals surface area contributed by atoms with Crippen molar-refractivity contribution >= 4 is 38.9 Å². The summed E-state index contributed by atoms with van der Waals surface area (Å²) in [7, 11) is 0. The van der Waals surface area contributed by atoms with E-state index in [9.17, 15) is 0 Å². The number of hydrogen-bond acceptors (Lipinski definition) is 1. The van der Waals surface area contributed by atoms with E-state index in [0.717, 1.165) is 22.7 Å². The van der Waals surface area contributed by atoms with Gasteiger partial charge in [-0.1, -0.05) is 194 Å². The molecule has 0 radical (unpaired) electrons. The Morgan fingerprint density at radius 2 is 0.825 bits per heavy atom. The van der Waals surface area contributed by atoms with E-state index in [4.69, 9.17) is 0 Å². The molecule has 0 atom stereocenters. The highest BCUT2D eigenvalue weighted by Crippen LogP contribution is 2.59. The Labute approximate surface area is 368 Å². The highest BCUT2D eigenvalue weighted by molar-refractivity contribution is 6.10. The molecule has 1 aliphatic carbocycles.